The molecule has 0 aliphatic carbocycles. The monoisotopic (exact) mass is 288 g/mol. The summed E-state index contributed by atoms with van der Waals surface area (Å²) in [4.78, 5) is 0. The molecule has 1 aliphatic heterocycles. The van der Waals surface area contributed by atoms with Gasteiger partial charge in [0.05, 0.1) is 0 Å². The van der Waals surface area contributed by atoms with E-state index in [1.165, 1.54) is 35.5 Å². The van der Waals surface area contributed by atoms with Crippen molar-refractivity contribution >= 4 is 0 Å². The van der Waals surface area contributed by atoms with Gasteiger partial charge < -0.3 is 0 Å². The molecule has 21 heavy (non-hydrogen) atoms. The van der Waals surface area contributed by atoms with Crippen LogP contribution in [0.4, 0.5) is 0 Å². The highest BCUT2D eigenvalue weighted by Gasteiger charge is 2.46. The zero-order valence-electron chi connectivity index (χ0n) is 14.3. The Hall–Kier alpha value is -0.860. The topological polar surface area (TPSA) is 23.1 Å². The number of aryl methyl sites for hydroxylation is 1. The van der Waals surface area contributed by atoms with Crippen molar-refractivity contribution in [3.63, 3.8) is 0 Å². The van der Waals surface area contributed by atoms with Gasteiger partial charge in [-0.2, -0.15) is 0 Å². The van der Waals surface area contributed by atoms with Crippen molar-refractivity contribution in [2.45, 2.75) is 83.7 Å². The smallest absolute Gasteiger partial charge is 0.0449 e. The Morgan fingerprint density at radius 2 is 1.57 bits per heavy atom. The van der Waals surface area contributed by atoms with E-state index >= 15 is 0 Å². The van der Waals surface area contributed by atoms with Crippen molar-refractivity contribution in [3.05, 3.63) is 35.4 Å². The van der Waals surface area contributed by atoms with Crippen LogP contribution in [-0.2, 0) is 11.6 Å². The van der Waals surface area contributed by atoms with Gasteiger partial charge in [0.15, 0.2) is 0 Å². The van der Waals surface area contributed by atoms with Crippen molar-refractivity contribution in [3.8, 4) is 0 Å². The Morgan fingerprint density at radius 1 is 1.05 bits per heavy atom. The second-order valence-electron chi connectivity index (χ2n) is 7.87. The van der Waals surface area contributed by atoms with Crippen LogP contribution in [0.3, 0.4) is 0 Å². The summed E-state index contributed by atoms with van der Waals surface area (Å²) in [5.41, 5.74) is 2.26. The third kappa shape index (κ3) is 3.67. The number of hydroxylamine groups is 2. The molecule has 1 saturated heterocycles. The first kappa shape index (κ1) is 16.5. The Labute approximate surface area is 130 Å². The maximum absolute atomic E-state index is 12.4. The zero-order chi connectivity index (χ0) is 15.7. The van der Waals surface area contributed by atoms with E-state index in [0.717, 1.165) is 12.8 Å². The Bertz CT molecular complexity index is 443. The molecule has 0 unspecified atom stereocenters. The van der Waals surface area contributed by atoms with E-state index in [0.29, 0.717) is 5.92 Å². The van der Waals surface area contributed by atoms with Crippen LogP contribution in [0.15, 0.2) is 24.3 Å². The summed E-state index contributed by atoms with van der Waals surface area (Å²) in [5, 5.41) is 13.7. The van der Waals surface area contributed by atoms with Gasteiger partial charge in [0.25, 0.3) is 0 Å². The summed E-state index contributed by atoms with van der Waals surface area (Å²) in [6, 6.07) is 9.10. The highest BCUT2D eigenvalue weighted by atomic mass is 16.5. The van der Waals surface area contributed by atoms with Gasteiger partial charge in [-0.3, -0.25) is 0 Å². The molecule has 0 aromatic heterocycles. The number of nitrogens with zero attached hydrogens (tertiary/aromatic N) is 1. The van der Waals surface area contributed by atoms with Crippen LogP contribution in [-0.4, -0.2) is 16.1 Å². The number of hydrogen-bond acceptors (Lipinski definition) is 1. The summed E-state index contributed by atoms with van der Waals surface area (Å²) in [7, 11) is 0. The van der Waals surface area contributed by atoms with Crippen LogP contribution in [0.1, 0.15) is 77.3 Å². The minimum absolute atomic E-state index is 0.284. The summed E-state index contributed by atoms with van der Waals surface area (Å²) >= 11 is 0. The quantitative estimate of drug-likeness (QED) is 0.755. The summed E-state index contributed by atoms with van der Waals surface area (Å²) in [5.74, 6) is 0.487. The van der Waals surface area contributed by atoms with Crippen LogP contribution in [0.5, 0.6) is 0 Å². The minimum Gasteiger partial charge on any atom is -0.144 e. The number of rotatable bonds is 4. The highest BCUT2D eigenvalue weighted by molar-refractivity contribution is 5.27. The fourth-order valence-corrected chi connectivity index (χ4v) is 3.84. The van der Waals surface area contributed by atoms with Crippen molar-refractivity contribution in [1.82, 2.24) is 5.06 Å². The molecule has 1 heterocycles. The molecule has 1 radical (unpaired) electrons. The van der Waals surface area contributed by atoms with Gasteiger partial charge in [-0.15, -0.1) is 10.3 Å². The minimum atomic E-state index is -0.284. The molecule has 0 N–H and O–H groups in total. The Morgan fingerprint density at radius 3 is 2.05 bits per heavy atom. The third-order valence-electron chi connectivity index (χ3n) is 4.86. The maximum atomic E-state index is 12.4. The second-order valence-corrected chi connectivity index (χ2v) is 7.87. The molecule has 1 aromatic carbocycles. The second kappa shape index (κ2) is 6.10. The number of hydrogen-bond donors (Lipinski definition) is 0. The fourth-order valence-electron chi connectivity index (χ4n) is 3.84. The van der Waals surface area contributed by atoms with E-state index in [2.05, 4.69) is 58.9 Å². The highest BCUT2D eigenvalue weighted by Crippen LogP contribution is 2.44. The largest absolute Gasteiger partial charge is 0.144 e. The zero-order valence-corrected chi connectivity index (χ0v) is 14.3. The molecular formula is C19H30NO. The molecule has 2 nitrogen and oxygen atoms in total. The molecular weight excluding hydrogens is 258 g/mol. The molecule has 0 amide bonds. The van der Waals surface area contributed by atoms with Crippen LogP contribution in [0.2, 0.25) is 0 Å². The van der Waals surface area contributed by atoms with Gasteiger partial charge in [0.1, 0.15) is 0 Å². The molecule has 0 bridgehead atoms. The predicted molar refractivity (Wildman–Crippen MR) is 87.7 cm³/mol. The lowest BCUT2D eigenvalue weighted by molar-refractivity contribution is -0.289. The summed E-state index contributed by atoms with van der Waals surface area (Å²) in [6.07, 6.45) is 5.55. The molecule has 0 atom stereocenters. The maximum Gasteiger partial charge on any atom is 0.0449 e. The fraction of sp³-hybridized carbons (Fsp3) is 0.684. The van der Waals surface area contributed by atoms with Crippen molar-refractivity contribution < 1.29 is 5.21 Å². The average molecular weight is 288 g/mol. The van der Waals surface area contributed by atoms with Gasteiger partial charge in [-0.25, -0.2) is 0 Å². The first-order valence-electron chi connectivity index (χ1n) is 8.32. The lowest BCUT2D eigenvalue weighted by atomic mass is 9.72. The van der Waals surface area contributed by atoms with E-state index in [-0.39, 0.29) is 11.1 Å². The molecule has 1 aromatic rings. The first-order valence-corrected chi connectivity index (χ1v) is 8.32. The molecule has 1 aliphatic rings. The number of piperidine rings is 1. The standard InChI is InChI=1S/C19H30NO/c1-6-7-8-15-9-11-16(12-10-15)17-13-18(2,3)20(21)19(4,5)14-17/h9-12,17H,6-8,13-14H2,1-5H3. The molecule has 117 valence electrons. The van der Waals surface area contributed by atoms with E-state index in [9.17, 15) is 5.21 Å². The SMILES string of the molecule is CCCCc1ccc(C2CC(C)(C)N([O])C(C)(C)C2)cc1. The lowest BCUT2D eigenvalue weighted by Crippen LogP contribution is -2.57. The average Bonchev–Trinajstić information content (AvgIpc) is 2.42. The van der Waals surface area contributed by atoms with Gasteiger partial charge in [-0.1, -0.05) is 37.6 Å². The van der Waals surface area contributed by atoms with Gasteiger partial charge in [0.2, 0.25) is 0 Å². The first-order chi connectivity index (χ1) is 9.76. The molecule has 0 saturated carbocycles. The van der Waals surface area contributed by atoms with E-state index in [4.69, 9.17) is 0 Å². The molecule has 2 heteroatoms. The van der Waals surface area contributed by atoms with Crippen LogP contribution < -0.4 is 0 Å². The third-order valence-corrected chi connectivity index (χ3v) is 4.86. The molecule has 0 spiro atoms. The summed E-state index contributed by atoms with van der Waals surface area (Å²) in [6.45, 7) is 10.5. The predicted octanol–water partition coefficient (Wildman–Crippen LogP) is 5.11. The summed E-state index contributed by atoms with van der Waals surface area (Å²) < 4.78 is 0. The van der Waals surface area contributed by atoms with Crippen molar-refractivity contribution in [2.75, 3.05) is 0 Å². The van der Waals surface area contributed by atoms with E-state index in [1.807, 2.05) is 0 Å². The van der Waals surface area contributed by atoms with Gasteiger partial charge in [-0.05, 0) is 70.4 Å². The van der Waals surface area contributed by atoms with E-state index in [1.54, 1.807) is 0 Å². The van der Waals surface area contributed by atoms with E-state index < -0.39 is 0 Å². The Kier molecular flexibility index (Phi) is 4.79. The lowest BCUT2D eigenvalue weighted by Gasteiger charge is -2.50. The number of unbranched alkanes of at least 4 members (excludes halogenated alkanes) is 1. The molecule has 2 rings (SSSR count). The van der Waals surface area contributed by atoms with Crippen molar-refractivity contribution in [2.24, 2.45) is 0 Å². The Balaban J connectivity index is 2.14. The van der Waals surface area contributed by atoms with Crippen LogP contribution in [0.25, 0.3) is 0 Å². The van der Waals surface area contributed by atoms with Crippen molar-refractivity contribution in [1.29, 1.82) is 0 Å². The molecule has 1 fully saturated rings. The number of benzene rings is 1. The normalized spacial score (nSPS) is 22.4. The van der Waals surface area contributed by atoms with Gasteiger partial charge >= 0.3 is 0 Å². The van der Waals surface area contributed by atoms with Crippen LogP contribution >= 0.6 is 0 Å². The van der Waals surface area contributed by atoms with Gasteiger partial charge in [0, 0.05) is 11.1 Å². The van der Waals surface area contributed by atoms with Crippen LogP contribution in [0, 0.1) is 0 Å².